The van der Waals surface area contributed by atoms with Gasteiger partial charge in [-0.25, -0.2) is 0 Å². The number of benzene rings is 1. The third-order valence-corrected chi connectivity index (χ3v) is 3.25. The molecule has 0 aromatic heterocycles. The Labute approximate surface area is 128 Å². The van der Waals surface area contributed by atoms with E-state index in [2.05, 4.69) is 19.2 Å². The Morgan fingerprint density at radius 3 is 2.48 bits per heavy atom. The molecule has 0 radical (unpaired) electrons. The summed E-state index contributed by atoms with van der Waals surface area (Å²) in [4.78, 5) is 12.1. The van der Waals surface area contributed by atoms with Crippen LogP contribution in [0.5, 0.6) is 5.75 Å². The number of carbonyl (C=O) groups is 1. The van der Waals surface area contributed by atoms with Gasteiger partial charge in [-0.05, 0) is 23.5 Å². The van der Waals surface area contributed by atoms with Crippen LogP contribution < -0.4 is 15.8 Å². The van der Waals surface area contributed by atoms with Gasteiger partial charge in [-0.3, -0.25) is 4.79 Å². The SMILES string of the molecule is CC(C)COc1ccccc1NC(=O)CC(N)C(C)(C)C. The minimum Gasteiger partial charge on any atom is -0.491 e. The smallest absolute Gasteiger partial charge is 0.226 e. The van der Waals surface area contributed by atoms with E-state index in [1.807, 2.05) is 45.0 Å². The van der Waals surface area contributed by atoms with Crippen LogP contribution in [0.15, 0.2) is 24.3 Å². The number of anilines is 1. The van der Waals surface area contributed by atoms with E-state index in [-0.39, 0.29) is 17.4 Å². The van der Waals surface area contributed by atoms with E-state index in [1.165, 1.54) is 0 Å². The summed E-state index contributed by atoms with van der Waals surface area (Å²) in [6.45, 7) is 10.9. The van der Waals surface area contributed by atoms with Gasteiger partial charge in [-0.15, -0.1) is 0 Å². The van der Waals surface area contributed by atoms with Gasteiger partial charge in [-0.1, -0.05) is 46.8 Å². The molecule has 0 aliphatic heterocycles. The van der Waals surface area contributed by atoms with Crippen LogP contribution in [-0.4, -0.2) is 18.6 Å². The van der Waals surface area contributed by atoms with E-state index in [1.54, 1.807) is 0 Å². The Kier molecular flexibility index (Phi) is 6.21. The highest BCUT2D eigenvalue weighted by molar-refractivity contribution is 5.92. The van der Waals surface area contributed by atoms with E-state index < -0.39 is 0 Å². The van der Waals surface area contributed by atoms with Gasteiger partial charge in [0.2, 0.25) is 5.91 Å². The zero-order valence-electron chi connectivity index (χ0n) is 13.8. The Morgan fingerprint density at radius 2 is 1.90 bits per heavy atom. The Bertz CT molecular complexity index is 464. The van der Waals surface area contributed by atoms with Crippen molar-refractivity contribution >= 4 is 11.6 Å². The summed E-state index contributed by atoms with van der Waals surface area (Å²) in [5.41, 5.74) is 6.66. The van der Waals surface area contributed by atoms with Crippen LogP contribution in [0.1, 0.15) is 41.0 Å². The molecule has 0 spiro atoms. The fraction of sp³-hybridized carbons (Fsp3) is 0.588. The van der Waals surface area contributed by atoms with Crippen LogP contribution in [0.3, 0.4) is 0 Å². The lowest BCUT2D eigenvalue weighted by atomic mass is 9.85. The van der Waals surface area contributed by atoms with Crippen molar-refractivity contribution in [1.29, 1.82) is 0 Å². The van der Waals surface area contributed by atoms with Gasteiger partial charge in [0, 0.05) is 12.5 Å². The molecule has 1 rings (SSSR count). The van der Waals surface area contributed by atoms with Gasteiger partial charge >= 0.3 is 0 Å². The first kappa shape index (κ1) is 17.5. The average Bonchev–Trinajstić information content (AvgIpc) is 2.36. The molecule has 4 nitrogen and oxygen atoms in total. The number of amides is 1. The zero-order chi connectivity index (χ0) is 16.0. The molecule has 0 saturated carbocycles. The van der Waals surface area contributed by atoms with Crippen molar-refractivity contribution in [3.8, 4) is 5.75 Å². The summed E-state index contributed by atoms with van der Waals surface area (Å²) in [6.07, 6.45) is 0.294. The second kappa shape index (κ2) is 7.46. The highest BCUT2D eigenvalue weighted by Crippen LogP contribution is 2.25. The molecule has 3 N–H and O–H groups in total. The number of ether oxygens (including phenoxy) is 1. The van der Waals surface area contributed by atoms with Crippen molar-refractivity contribution in [3.05, 3.63) is 24.3 Å². The molecule has 1 atom stereocenters. The third-order valence-electron chi connectivity index (χ3n) is 3.25. The normalized spacial score (nSPS) is 13.1. The molecule has 118 valence electrons. The van der Waals surface area contributed by atoms with Crippen LogP contribution >= 0.6 is 0 Å². The van der Waals surface area contributed by atoms with E-state index in [4.69, 9.17) is 10.5 Å². The molecule has 1 unspecified atom stereocenters. The number of nitrogens with two attached hydrogens (primary N) is 1. The maximum absolute atomic E-state index is 12.1. The molecule has 0 aliphatic carbocycles. The van der Waals surface area contributed by atoms with Crippen molar-refractivity contribution in [2.24, 2.45) is 17.1 Å². The maximum Gasteiger partial charge on any atom is 0.226 e. The Hall–Kier alpha value is -1.55. The predicted molar refractivity (Wildman–Crippen MR) is 87.5 cm³/mol. The quantitative estimate of drug-likeness (QED) is 0.844. The lowest BCUT2D eigenvalue weighted by Crippen LogP contribution is -2.38. The highest BCUT2D eigenvalue weighted by Gasteiger charge is 2.23. The summed E-state index contributed by atoms with van der Waals surface area (Å²) >= 11 is 0. The summed E-state index contributed by atoms with van der Waals surface area (Å²) < 4.78 is 5.73. The number of para-hydroxylation sites is 2. The average molecular weight is 292 g/mol. The Balaban J connectivity index is 2.68. The standard InChI is InChI=1S/C17H28N2O2/c1-12(2)11-21-14-9-7-6-8-13(14)19-16(20)10-15(18)17(3,4)5/h6-9,12,15H,10-11,18H2,1-5H3,(H,19,20). The van der Waals surface area contributed by atoms with Gasteiger partial charge in [0.05, 0.1) is 12.3 Å². The van der Waals surface area contributed by atoms with Gasteiger partial charge in [0.15, 0.2) is 0 Å². The molecule has 0 bridgehead atoms. The van der Waals surface area contributed by atoms with Crippen LogP contribution in [0.4, 0.5) is 5.69 Å². The van der Waals surface area contributed by atoms with E-state index in [0.29, 0.717) is 30.4 Å². The van der Waals surface area contributed by atoms with Gasteiger partial charge in [0.25, 0.3) is 0 Å². The monoisotopic (exact) mass is 292 g/mol. The van der Waals surface area contributed by atoms with Crippen molar-refractivity contribution in [2.45, 2.75) is 47.1 Å². The number of nitrogens with one attached hydrogen (secondary N) is 1. The maximum atomic E-state index is 12.1. The molecule has 1 aromatic carbocycles. The lowest BCUT2D eigenvalue weighted by Gasteiger charge is -2.26. The highest BCUT2D eigenvalue weighted by atomic mass is 16.5. The summed E-state index contributed by atoms with van der Waals surface area (Å²) in [6, 6.07) is 7.30. The molecule has 4 heteroatoms. The zero-order valence-corrected chi connectivity index (χ0v) is 13.8. The molecule has 0 saturated heterocycles. The first-order valence-electron chi connectivity index (χ1n) is 7.47. The first-order valence-corrected chi connectivity index (χ1v) is 7.47. The van der Waals surface area contributed by atoms with Crippen molar-refractivity contribution < 1.29 is 9.53 Å². The van der Waals surface area contributed by atoms with Crippen LogP contribution in [-0.2, 0) is 4.79 Å². The second-order valence-electron chi connectivity index (χ2n) is 6.93. The molecule has 1 aromatic rings. The minimum absolute atomic E-state index is 0.0852. The predicted octanol–water partition coefficient (Wildman–Crippen LogP) is 3.42. The fourth-order valence-electron chi connectivity index (χ4n) is 1.66. The summed E-state index contributed by atoms with van der Waals surface area (Å²) in [7, 11) is 0. The Morgan fingerprint density at radius 1 is 1.29 bits per heavy atom. The molecular formula is C17H28N2O2. The number of hydrogen-bond donors (Lipinski definition) is 2. The van der Waals surface area contributed by atoms with Crippen molar-refractivity contribution in [2.75, 3.05) is 11.9 Å². The topological polar surface area (TPSA) is 64.3 Å². The third kappa shape index (κ3) is 6.17. The van der Waals surface area contributed by atoms with Gasteiger partial charge in [-0.2, -0.15) is 0 Å². The van der Waals surface area contributed by atoms with Crippen LogP contribution in [0, 0.1) is 11.3 Å². The summed E-state index contributed by atoms with van der Waals surface area (Å²) in [5.74, 6) is 1.05. The number of rotatable bonds is 6. The lowest BCUT2D eigenvalue weighted by molar-refractivity contribution is -0.117. The second-order valence-corrected chi connectivity index (χ2v) is 6.93. The molecule has 0 heterocycles. The largest absolute Gasteiger partial charge is 0.491 e. The van der Waals surface area contributed by atoms with Crippen LogP contribution in [0.25, 0.3) is 0 Å². The molecule has 1 amide bonds. The number of hydrogen-bond acceptors (Lipinski definition) is 3. The van der Waals surface area contributed by atoms with E-state index in [0.717, 1.165) is 0 Å². The summed E-state index contributed by atoms with van der Waals surface area (Å²) in [5, 5.41) is 2.89. The molecule has 0 fully saturated rings. The molecule has 0 aliphatic rings. The van der Waals surface area contributed by atoms with E-state index >= 15 is 0 Å². The first-order chi connectivity index (χ1) is 9.70. The number of carbonyl (C=O) groups excluding carboxylic acids is 1. The molecule has 21 heavy (non-hydrogen) atoms. The fourth-order valence-corrected chi connectivity index (χ4v) is 1.66. The minimum atomic E-state index is -0.179. The van der Waals surface area contributed by atoms with E-state index in [9.17, 15) is 4.79 Å². The molecular weight excluding hydrogens is 264 g/mol. The van der Waals surface area contributed by atoms with Crippen LogP contribution in [0.2, 0.25) is 0 Å². The van der Waals surface area contributed by atoms with Crippen molar-refractivity contribution in [3.63, 3.8) is 0 Å². The van der Waals surface area contributed by atoms with Gasteiger partial charge < -0.3 is 15.8 Å². The van der Waals surface area contributed by atoms with Gasteiger partial charge in [0.1, 0.15) is 5.75 Å². The van der Waals surface area contributed by atoms with Crippen molar-refractivity contribution in [1.82, 2.24) is 0 Å².